The Kier molecular flexibility index (Phi) is 8.16. The van der Waals surface area contributed by atoms with E-state index in [-0.39, 0.29) is 18.0 Å². The molecule has 0 aliphatic heterocycles. The molecule has 1 N–H and O–H groups in total. The molecule has 0 spiro atoms. The van der Waals surface area contributed by atoms with E-state index >= 15 is 0 Å². The first-order valence-electron chi connectivity index (χ1n) is 10.5. The highest BCUT2D eigenvalue weighted by Crippen LogP contribution is 2.17. The number of rotatable bonds is 8. The highest BCUT2D eigenvalue weighted by Gasteiger charge is 2.26. The summed E-state index contributed by atoms with van der Waals surface area (Å²) < 4.78 is 27.5. The summed E-state index contributed by atoms with van der Waals surface area (Å²) in [7, 11) is -3.79. The van der Waals surface area contributed by atoms with Crippen LogP contribution in [0.15, 0.2) is 70.7 Å². The van der Waals surface area contributed by atoms with Gasteiger partial charge in [0.25, 0.3) is 5.91 Å². The lowest BCUT2D eigenvalue weighted by Gasteiger charge is -2.21. The van der Waals surface area contributed by atoms with Crippen LogP contribution < -0.4 is 5.43 Å². The van der Waals surface area contributed by atoms with Crippen LogP contribution in [0.4, 0.5) is 0 Å². The van der Waals surface area contributed by atoms with E-state index in [9.17, 15) is 13.2 Å². The van der Waals surface area contributed by atoms with E-state index in [1.165, 1.54) is 17.1 Å². The standard InChI is InChI=1S/C23H29N3O3S/c27-23(25-24-21-13-7-1-2-8-14-21)19-26(18-17-20-11-5-3-6-12-20)30(28,29)22-15-9-4-10-16-22/h3-6,9-12,15-16H,1-2,7-8,13-14,17-19H2,(H,25,27). The van der Waals surface area contributed by atoms with Gasteiger partial charge in [0.15, 0.2) is 0 Å². The van der Waals surface area contributed by atoms with Gasteiger partial charge in [-0.3, -0.25) is 4.79 Å². The zero-order valence-corrected chi connectivity index (χ0v) is 18.0. The van der Waals surface area contributed by atoms with Gasteiger partial charge in [-0.25, -0.2) is 13.8 Å². The molecule has 1 fully saturated rings. The van der Waals surface area contributed by atoms with Crippen molar-refractivity contribution in [3.8, 4) is 0 Å². The summed E-state index contributed by atoms with van der Waals surface area (Å²) in [5.41, 5.74) is 4.58. The predicted octanol–water partition coefficient (Wildman–Crippen LogP) is 3.75. The molecule has 30 heavy (non-hydrogen) atoms. The molecule has 0 saturated heterocycles. The second-order valence-electron chi connectivity index (χ2n) is 7.51. The Morgan fingerprint density at radius 1 is 0.900 bits per heavy atom. The Bertz CT molecular complexity index is 934. The van der Waals surface area contributed by atoms with Gasteiger partial charge >= 0.3 is 0 Å². The van der Waals surface area contributed by atoms with Gasteiger partial charge in [0.2, 0.25) is 10.0 Å². The van der Waals surface area contributed by atoms with Gasteiger partial charge in [-0.05, 0) is 49.8 Å². The molecule has 6 nitrogen and oxygen atoms in total. The summed E-state index contributed by atoms with van der Waals surface area (Å²) in [6, 6.07) is 17.9. The molecule has 0 heterocycles. The van der Waals surface area contributed by atoms with Crippen molar-refractivity contribution in [2.75, 3.05) is 13.1 Å². The molecular weight excluding hydrogens is 398 g/mol. The smallest absolute Gasteiger partial charge is 0.255 e. The van der Waals surface area contributed by atoms with E-state index in [0.29, 0.717) is 6.42 Å². The molecule has 0 bridgehead atoms. The van der Waals surface area contributed by atoms with E-state index < -0.39 is 15.9 Å². The minimum atomic E-state index is -3.79. The first-order chi connectivity index (χ1) is 14.6. The largest absolute Gasteiger partial charge is 0.272 e. The number of carbonyl (C=O) groups is 1. The fraction of sp³-hybridized carbons (Fsp3) is 0.391. The molecule has 3 rings (SSSR count). The monoisotopic (exact) mass is 427 g/mol. The molecule has 2 aromatic carbocycles. The second-order valence-corrected chi connectivity index (χ2v) is 9.45. The first-order valence-corrected chi connectivity index (χ1v) is 11.9. The topological polar surface area (TPSA) is 78.8 Å². The maximum Gasteiger partial charge on any atom is 0.255 e. The summed E-state index contributed by atoms with van der Waals surface area (Å²) in [4.78, 5) is 12.7. The maximum absolute atomic E-state index is 13.2. The Morgan fingerprint density at radius 2 is 1.50 bits per heavy atom. The van der Waals surface area contributed by atoms with Crippen molar-refractivity contribution in [2.24, 2.45) is 5.10 Å². The molecule has 1 aliphatic carbocycles. The summed E-state index contributed by atoms with van der Waals surface area (Å²) in [6.07, 6.45) is 6.85. The molecule has 1 saturated carbocycles. The first kappa shape index (κ1) is 22.2. The van der Waals surface area contributed by atoms with Crippen LogP contribution in [0.3, 0.4) is 0 Å². The molecule has 0 aromatic heterocycles. The van der Waals surface area contributed by atoms with Crippen LogP contribution in [-0.2, 0) is 21.2 Å². The zero-order valence-electron chi connectivity index (χ0n) is 17.2. The molecule has 0 unspecified atom stereocenters. The van der Waals surface area contributed by atoms with Gasteiger partial charge in [-0.2, -0.15) is 9.41 Å². The van der Waals surface area contributed by atoms with E-state index in [0.717, 1.165) is 37.0 Å². The van der Waals surface area contributed by atoms with Gasteiger partial charge in [-0.15, -0.1) is 0 Å². The molecule has 2 aromatic rings. The lowest BCUT2D eigenvalue weighted by Crippen LogP contribution is -2.40. The van der Waals surface area contributed by atoms with Crippen LogP contribution in [0.5, 0.6) is 0 Å². The van der Waals surface area contributed by atoms with Crippen molar-refractivity contribution in [1.29, 1.82) is 0 Å². The van der Waals surface area contributed by atoms with Crippen LogP contribution in [0.2, 0.25) is 0 Å². The van der Waals surface area contributed by atoms with E-state index in [4.69, 9.17) is 0 Å². The van der Waals surface area contributed by atoms with Crippen LogP contribution in [0, 0.1) is 0 Å². The van der Waals surface area contributed by atoms with Crippen molar-refractivity contribution in [3.05, 3.63) is 66.2 Å². The van der Waals surface area contributed by atoms with Gasteiger partial charge in [0, 0.05) is 12.3 Å². The normalized spacial score (nSPS) is 14.9. The quantitative estimate of drug-likeness (QED) is 0.515. The number of amides is 1. The predicted molar refractivity (Wildman–Crippen MR) is 119 cm³/mol. The van der Waals surface area contributed by atoms with E-state index in [1.54, 1.807) is 30.3 Å². The number of hydrogen-bond acceptors (Lipinski definition) is 4. The average molecular weight is 428 g/mol. The number of benzene rings is 2. The Hall–Kier alpha value is -2.51. The summed E-state index contributed by atoms with van der Waals surface area (Å²) in [5, 5.41) is 4.26. The van der Waals surface area contributed by atoms with Crippen LogP contribution in [0.25, 0.3) is 0 Å². The minimum absolute atomic E-state index is 0.181. The highest BCUT2D eigenvalue weighted by atomic mass is 32.2. The number of nitrogens with one attached hydrogen (secondary N) is 1. The summed E-state index contributed by atoms with van der Waals surface area (Å²) in [6.45, 7) is -0.0495. The van der Waals surface area contributed by atoms with Crippen molar-refractivity contribution < 1.29 is 13.2 Å². The Morgan fingerprint density at radius 3 is 2.13 bits per heavy atom. The van der Waals surface area contributed by atoms with E-state index in [1.807, 2.05) is 30.3 Å². The molecule has 160 valence electrons. The lowest BCUT2D eigenvalue weighted by atomic mass is 10.1. The molecule has 7 heteroatoms. The van der Waals surface area contributed by atoms with Crippen molar-refractivity contribution in [2.45, 2.75) is 49.8 Å². The Balaban J connectivity index is 1.71. The molecule has 0 radical (unpaired) electrons. The average Bonchev–Trinajstić information content (AvgIpc) is 3.05. The summed E-state index contributed by atoms with van der Waals surface area (Å²) >= 11 is 0. The van der Waals surface area contributed by atoms with E-state index in [2.05, 4.69) is 10.5 Å². The number of carbonyl (C=O) groups excluding carboxylic acids is 1. The van der Waals surface area contributed by atoms with Crippen molar-refractivity contribution in [1.82, 2.24) is 9.73 Å². The van der Waals surface area contributed by atoms with Gasteiger partial charge in [-0.1, -0.05) is 61.4 Å². The lowest BCUT2D eigenvalue weighted by molar-refractivity contribution is -0.121. The Labute approximate surface area is 179 Å². The fourth-order valence-electron chi connectivity index (χ4n) is 3.51. The van der Waals surface area contributed by atoms with Gasteiger partial charge in [0.1, 0.15) is 0 Å². The number of hydrogen-bond donors (Lipinski definition) is 1. The maximum atomic E-state index is 13.2. The number of nitrogens with zero attached hydrogens (tertiary/aromatic N) is 2. The van der Waals surface area contributed by atoms with Gasteiger partial charge < -0.3 is 0 Å². The van der Waals surface area contributed by atoms with Crippen molar-refractivity contribution >= 4 is 21.6 Å². The third-order valence-corrected chi connectivity index (χ3v) is 7.07. The number of sulfonamides is 1. The zero-order chi connectivity index (χ0) is 21.2. The third kappa shape index (κ3) is 6.50. The summed E-state index contributed by atoms with van der Waals surface area (Å²) in [5.74, 6) is -0.417. The van der Waals surface area contributed by atoms with Crippen LogP contribution in [0.1, 0.15) is 44.1 Å². The minimum Gasteiger partial charge on any atom is -0.272 e. The number of hydrazone groups is 1. The van der Waals surface area contributed by atoms with Crippen LogP contribution in [-0.4, -0.2) is 37.4 Å². The van der Waals surface area contributed by atoms with Gasteiger partial charge in [0.05, 0.1) is 11.4 Å². The highest BCUT2D eigenvalue weighted by molar-refractivity contribution is 7.89. The fourth-order valence-corrected chi connectivity index (χ4v) is 4.93. The second kappa shape index (κ2) is 11.0. The SMILES string of the molecule is O=C(CN(CCc1ccccc1)S(=O)(=O)c1ccccc1)NN=C1CCCCCC1. The van der Waals surface area contributed by atoms with Crippen molar-refractivity contribution in [3.63, 3.8) is 0 Å². The third-order valence-electron chi connectivity index (χ3n) is 5.21. The molecular formula is C23H29N3O3S. The molecule has 1 aliphatic rings. The molecule has 1 amide bonds. The van der Waals surface area contributed by atoms with Crippen LogP contribution >= 0.6 is 0 Å². The molecule has 0 atom stereocenters.